The Labute approximate surface area is 199 Å². The van der Waals surface area contributed by atoms with E-state index < -0.39 is 24.4 Å². The molecule has 2 heterocycles. The minimum absolute atomic E-state index is 0.263. The molecule has 0 fully saturated rings. The van der Waals surface area contributed by atoms with Crippen molar-refractivity contribution in [2.75, 3.05) is 0 Å². The number of nitrogens with zero attached hydrogens (tertiary/aromatic N) is 4. The molecule has 0 amide bonds. The van der Waals surface area contributed by atoms with Gasteiger partial charge in [-0.15, -0.1) is 10.2 Å². The standard InChI is InChI=1S/C25H22N6O4/c32-23(33)12-20(25(34)35)26-13-15-5-7-16(8-6-15)14-31-21-4-2-1-3-18(21)19-11-17(9-10-22(19)31)24-27-29-30-28-24/h1-11,20,26H,12-14H2,(H,32,33)(H,34,35)(H,27,28,29,30). The highest BCUT2D eigenvalue weighted by atomic mass is 16.4. The number of benzene rings is 3. The first-order valence-electron chi connectivity index (χ1n) is 11.0. The Hall–Kier alpha value is -4.57. The number of carbonyl (C=O) groups is 2. The second-order valence-corrected chi connectivity index (χ2v) is 8.26. The molecule has 1 unspecified atom stereocenters. The zero-order valence-corrected chi connectivity index (χ0v) is 18.5. The van der Waals surface area contributed by atoms with E-state index in [1.807, 2.05) is 42.5 Å². The molecule has 5 aromatic rings. The van der Waals surface area contributed by atoms with Crippen LogP contribution < -0.4 is 5.32 Å². The lowest BCUT2D eigenvalue weighted by Crippen LogP contribution is -2.38. The Bertz CT molecular complexity index is 1510. The van der Waals surface area contributed by atoms with Crippen LogP contribution in [0, 0.1) is 0 Å². The molecule has 2 aromatic heterocycles. The first-order chi connectivity index (χ1) is 17.0. The van der Waals surface area contributed by atoms with Crippen molar-refractivity contribution in [3.05, 3.63) is 77.9 Å². The molecule has 35 heavy (non-hydrogen) atoms. The molecule has 0 saturated carbocycles. The Balaban J connectivity index is 1.40. The topological polar surface area (TPSA) is 146 Å². The van der Waals surface area contributed by atoms with E-state index in [2.05, 4.69) is 54.8 Å². The molecule has 0 spiro atoms. The molecule has 0 radical (unpaired) electrons. The number of rotatable bonds is 9. The quantitative estimate of drug-likeness (QED) is 0.257. The molecule has 0 bridgehead atoms. The second-order valence-electron chi connectivity index (χ2n) is 8.26. The van der Waals surface area contributed by atoms with Gasteiger partial charge in [-0.25, -0.2) is 0 Å². The van der Waals surface area contributed by atoms with E-state index in [0.29, 0.717) is 12.4 Å². The number of aromatic nitrogens is 5. The van der Waals surface area contributed by atoms with Crippen LogP contribution in [0.2, 0.25) is 0 Å². The number of carboxylic acids is 2. The predicted octanol–water partition coefficient (Wildman–Crippen LogP) is 3.04. The van der Waals surface area contributed by atoms with E-state index >= 15 is 0 Å². The van der Waals surface area contributed by atoms with E-state index in [9.17, 15) is 14.7 Å². The number of para-hydroxylation sites is 1. The van der Waals surface area contributed by atoms with Gasteiger partial charge in [0.1, 0.15) is 6.04 Å². The van der Waals surface area contributed by atoms with E-state index in [-0.39, 0.29) is 6.54 Å². The summed E-state index contributed by atoms with van der Waals surface area (Å²) in [6, 6.07) is 21.0. The molecule has 10 heteroatoms. The molecule has 5 rings (SSSR count). The van der Waals surface area contributed by atoms with Crippen LogP contribution in [0.4, 0.5) is 0 Å². The Kier molecular flexibility index (Phi) is 5.94. The number of H-pyrrole nitrogens is 1. The Morgan fingerprint density at radius 2 is 1.69 bits per heavy atom. The fourth-order valence-electron chi connectivity index (χ4n) is 4.25. The van der Waals surface area contributed by atoms with Crippen LogP contribution in [0.15, 0.2) is 66.7 Å². The minimum Gasteiger partial charge on any atom is -0.481 e. The summed E-state index contributed by atoms with van der Waals surface area (Å²) in [5.41, 5.74) is 5.03. The zero-order valence-electron chi connectivity index (χ0n) is 18.5. The number of hydrogen-bond acceptors (Lipinski definition) is 6. The van der Waals surface area contributed by atoms with Gasteiger partial charge in [0.05, 0.1) is 6.42 Å². The third-order valence-corrected chi connectivity index (χ3v) is 5.97. The van der Waals surface area contributed by atoms with Crippen LogP contribution in [-0.2, 0) is 22.7 Å². The van der Waals surface area contributed by atoms with E-state index in [1.54, 1.807) is 0 Å². The maximum Gasteiger partial charge on any atom is 0.321 e. The number of aliphatic carboxylic acids is 2. The number of hydrogen-bond donors (Lipinski definition) is 4. The van der Waals surface area contributed by atoms with Gasteiger partial charge >= 0.3 is 11.9 Å². The SMILES string of the molecule is O=C(O)CC(NCc1ccc(Cn2c3ccccc3c3cc(-c4nn[nH]n4)ccc32)cc1)C(=O)O. The molecule has 0 aliphatic carbocycles. The van der Waals surface area contributed by atoms with Gasteiger partial charge in [-0.1, -0.05) is 42.5 Å². The Morgan fingerprint density at radius 3 is 2.40 bits per heavy atom. The molecular formula is C25H22N6O4. The minimum atomic E-state index is -1.18. The summed E-state index contributed by atoms with van der Waals surface area (Å²) in [6.45, 7) is 0.912. The van der Waals surface area contributed by atoms with Crippen molar-refractivity contribution < 1.29 is 19.8 Å². The third-order valence-electron chi connectivity index (χ3n) is 5.97. The maximum atomic E-state index is 11.2. The molecule has 10 nitrogen and oxygen atoms in total. The van der Waals surface area contributed by atoms with Crippen LogP contribution in [0.5, 0.6) is 0 Å². The van der Waals surface area contributed by atoms with Gasteiger partial charge in [0.2, 0.25) is 5.82 Å². The normalized spacial score (nSPS) is 12.2. The van der Waals surface area contributed by atoms with Crippen molar-refractivity contribution >= 4 is 33.7 Å². The molecule has 1 atom stereocenters. The number of tetrazole rings is 1. The fraction of sp³-hybridized carbons (Fsp3) is 0.160. The molecule has 4 N–H and O–H groups in total. The first kappa shape index (κ1) is 22.2. The lowest BCUT2D eigenvalue weighted by Gasteiger charge is -2.13. The summed E-state index contributed by atoms with van der Waals surface area (Å²) in [7, 11) is 0. The molecular weight excluding hydrogens is 448 g/mol. The van der Waals surface area contributed by atoms with Gasteiger partial charge in [-0.05, 0) is 40.6 Å². The van der Waals surface area contributed by atoms with E-state index in [0.717, 1.165) is 38.5 Å². The highest BCUT2D eigenvalue weighted by Gasteiger charge is 2.20. The van der Waals surface area contributed by atoms with E-state index in [4.69, 9.17) is 5.11 Å². The lowest BCUT2D eigenvalue weighted by molar-refractivity contribution is -0.146. The predicted molar refractivity (Wildman–Crippen MR) is 129 cm³/mol. The van der Waals surface area contributed by atoms with Crippen LogP contribution in [-0.4, -0.2) is 53.4 Å². The molecule has 176 valence electrons. The fourth-order valence-corrected chi connectivity index (χ4v) is 4.25. The summed E-state index contributed by atoms with van der Waals surface area (Å²) in [4.78, 5) is 22.1. The third kappa shape index (κ3) is 4.59. The monoisotopic (exact) mass is 470 g/mol. The highest BCUT2D eigenvalue weighted by molar-refractivity contribution is 6.09. The molecule has 0 aliphatic rings. The molecule has 0 saturated heterocycles. The smallest absolute Gasteiger partial charge is 0.321 e. The van der Waals surface area contributed by atoms with Crippen LogP contribution in [0.25, 0.3) is 33.2 Å². The number of carboxylic acid groups (broad SMARTS) is 2. The van der Waals surface area contributed by atoms with Gasteiger partial charge in [0.15, 0.2) is 0 Å². The number of fused-ring (bicyclic) bond motifs is 3. The maximum absolute atomic E-state index is 11.2. The van der Waals surface area contributed by atoms with Gasteiger partial charge in [-0.3, -0.25) is 14.9 Å². The largest absolute Gasteiger partial charge is 0.481 e. The van der Waals surface area contributed by atoms with Crippen molar-refractivity contribution in [3.63, 3.8) is 0 Å². The van der Waals surface area contributed by atoms with Gasteiger partial charge in [0, 0.05) is 40.5 Å². The number of nitrogens with one attached hydrogen (secondary N) is 2. The average Bonchev–Trinajstić information content (AvgIpc) is 3.50. The second kappa shape index (κ2) is 9.35. The summed E-state index contributed by atoms with van der Waals surface area (Å²) in [5.74, 6) is -1.80. The van der Waals surface area contributed by atoms with Crippen LogP contribution >= 0.6 is 0 Å². The summed E-state index contributed by atoms with van der Waals surface area (Å²) in [5, 5.41) is 37.4. The lowest BCUT2D eigenvalue weighted by atomic mass is 10.1. The van der Waals surface area contributed by atoms with Crippen molar-refractivity contribution in [2.24, 2.45) is 0 Å². The highest BCUT2D eigenvalue weighted by Crippen LogP contribution is 2.32. The summed E-state index contributed by atoms with van der Waals surface area (Å²) >= 11 is 0. The summed E-state index contributed by atoms with van der Waals surface area (Å²) < 4.78 is 2.26. The zero-order chi connectivity index (χ0) is 24.4. The number of aromatic amines is 1. The van der Waals surface area contributed by atoms with Crippen molar-refractivity contribution in [1.29, 1.82) is 0 Å². The molecule has 0 aliphatic heterocycles. The van der Waals surface area contributed by atoms with Gasteiger partial charge < -0.3 is 14.8 Å². The first-order valence-corrected chi connectivity index (χ1v) is 11.0. The van der Waals surface area contributed by atoms with Crippen LogP contribution in [0.1, 0.15) is 17.5 Å². The Morgan fingerprint density at radius 1 is 0.943 bits per heavy atom. The van der Waals surface area contributed by atoms with Crippen molar-refractivity contribution in [2.45, 2.75) is 25.6 Å². The van der Waals surface area contributed by atoms with Crippen molar-refractivity contribution in [3.8, 4) is 11.4 Å². The average molecular weight is 470 g/mol. The van der Waals surface area contributed by atoms with Gasteiger partial charge in [0.25, 0.3) is 0 Å². The van der Waals surface area contributed by atoms with Crippen molar-refractivity contribution in [1.82, 2.24) is 30.5 Å². The summed E-state index contributed by atoms with van der Waals surface area (Å²) in [6.07, 6.45) is -0.477. The van der Waals surface area contributed by atoms with Crippen LogP contribution in [0.3, 0.4) is 0 Å². The van der Waals surface area contributed by atoms with Gasteiger partial charge in [-0.2, -0.15) is 5.21 Å². The molecule has 3 aromatic carbocycles. The van der Waals surface area contributed by atoms with E-state index in [1.165, 1.54) is 0 Å².